The third-order valence-electron chi connectivity index (χ3n) is 0. The van der Waals surface area contributed by atoms with Gasteiger partial charge in [-0.3, -0.25) is 0 Å². The topological polar surface area (TPSA) is 54.4 Å². The van der Waals surface area contributed by atoms with Gasteiger partial charge in [0.1, 0.15) is 0 Å². The molecular weight excluding hydrogens is 123 g/mol. The van der Waals surface area contributed by atoms with Gasteiger partial charge in [-0.2, -0.15) is 0 Å². The molecule has 5 heteroatoms. The summed E-state index contributed by atoms with van der Waals surface area (Å²) in [7, 11) is 0. The molecule has 0 heterocycles. The molecular formula is H3AlO3Ti. The SMILES string of the molecule is [OH][AlH2].[O]=[Ti]=[O]. The summed E-state index contributed by atoms with van der Waals surface area (Å²) in [6, 6.07) is 0. The summed E-state index contributed by atoms with van der Waals surface area (Å²) in [5.41, 5.74) is 0. The standard InChI is InChI=1S/Al.H2O.2O.Ti.2H/h;1H2;;;;;/q+1;;;;;;/p-1. The first kappa shape index (κ1) is 9.26. The van der Waals surface area contributed by atoms with Gasteiger partial charge >= 0.3 is 42.4 Å². The van der Waals surface area contributed by atoms with Crippen molar-refractivity contribution >= 4 is 16.6 Å². The number of hydrogen-bond donors (Lipinski definition) is 1. The molecule has 0 unspecified atom stereocenters. The predicted molar refractivity (Wildman–Crippen MR) is 12.1 cm³/mol. The average Bonchev–Trinajstić information content (AvgIpc) is 1.46. The third-order valence-corrected chi connectivity index (χ3v) is 0. The molecule has 0 radical (unpaired) electrons. The van der Waals surface area contributed by atoms with E-state index in [9.17, 15) is 0 Å². The van der Waals surface area contributed by atoms with E-state index in [1.54, 1.807) is 0 Å². The monoisotopic (exact) mass is 126 g/mol. The van der Waals surface area contributed by atoms with E-state index in [1.807, 2.05) is 0 Å². The van der Waals surface area contributed by atoms with Gasteiger partial charge in [-0.25, -0.2) is 0 Å². The Morgan fingerprint density at radius 2 is 1.40 bits per heavy atom. The Morgan fingerprint density at radius 3 is 1.40 bits per heavy atom. The van der Waals surface area contributed by atoms with Gasteiger partial charge in [-0.15, -0.1) is 0 Å². The summed E-state index contributed by atoms with van der Waals surface area (Å²) >= 11 is -1.69. The molecule has 0 aliphatic rings. The van der Waals surface area contributed by atoms with Crippen molar-refractivity contribution in [2.24, 2.45) is 0 Å². The number of hydrogen-bond acceptors (Lipinski definition) is 3. The van der Waals surface area contributed by atoms with Crippen molar-refractivity contribution in [3.05, 3.63) is 0 Å². The van der Waals surface area contributed by atoms with Crippen LogP contribution in [-0.2, 0) is 25.7 Å². The fourth-order valence-electron chi connectivity index (χ4n) is 0. The second-order valence-corrected chi connectivity index (χ2v) is 0.344. The van der Waals surface area contributed by atoms with Crippen LogP contribution in [0.25, 0.3) is 0 Å². The van der Waals surface area contributed by atoms with Crippen LogP contribution in [0.1, 0.15) is 0 Å². The summed E-state index contributed by atoms with van der Waals surface area (Å²) in [4.78, 5) is 0. The van der Waals surface area contributed by atoms with E-state index in [0.717, 1.165) is 0 Å². The molecule has 0 rings (SSSR count). The minimum atomic E-state index is -2.00. The molecule has 0 saturated carbocycles. The van der Waals surface area contributed by atoms with Gasteiger partial charge < -0.3 is 4.16 Å². The average molecular weight is 126 g/mol. The van der Waals surface area contributed by atoms with Crippen LogP contribution in [-0.4, -0.2) is 20.8 Å². The van der Waals surface area contributed by atoms with E-state index in [2.05, 4.69) is 0 Å². The summed E-state index contributed by atoms with van der Waals surface area (Å²) in [5, 5.41) is 0. The van der Waals surface area contributed by atoms with E-state index in [1.165, 1.54) is 0 Å². The fraction of sp³-hybridized carbons (Fsp3) is 0. The molecule has 5 heavy (non-hydrogen) atoms. The van der Waals surface area contributed by atoms with E-state index >= 15 is 0 Å². The molecule has 0 aromatic heterocycles. The summed E-state index contributed by atoms with van der Waals surface area (Å²) < 4.78 is 24.1. The van der Waals surface area contributed by atoms with Crippen LogP contribution in [0.3, 0.4) is 0 Å². The van der Waals surface area contributed by atoms with Crippen molar-refractivity contribution in [3.8, 4) is 0 Å². The van der Waals surface area contributed by atoms with Crippen LogP contribution in [0.15, 0.2) is 0 Å². The normalized spacial score (nSPS) is 2.60. The molecule has 0 fully saturated rings. The first-order valence-corrected chi connectivity index (χ1v) is 3.02. The predicted octanol–water partition coefficient (Wildman–Crippen LogP) is -1.71. The Morgan fingerprint density at radius 1 is 1.40 bits per heavy atom. The van der Waals surface area contributed by atoms with Gasteiger partial charge in [0.05, 0.1) is 0 Å². The molecule has 0 spiro atoms. The fourth-order valence-corrected chi connectivity index (χ4v) is 0. The van der Waals surface area contributed by atoms with E-state index in [4.69, 9.17) is 10.8 Å². The molecule has 0 atom stereocenters. The van der Waals surface area contributed by atoms with Crippen molar-refractivity contribution < 1.29 is 29.9 Å². The van der Waals surface area contributed by atoms with Gasteiger partial charge in [0.15, 0.2) is 0 Å². The summed E-state index contributed by atoms with van der Waals surface area (Å²) in [6.45, 7) is 0. The maximum atomic E-state index is 8.50. The Labute approximate surface area is 46.7 Å². The van der Waals surface area contributed by atoms with Gasteiger partial charge in [-0.1, -0.05) is 0 Å². The first-order valence-electron chi connectivity index (χ1n) is 0.855. The second kappa shape index (κ2) is 21.3. The Bertz CT molecular complexity index is 27.9. The zero-order valence-electron chi connectivity index (χ0n) is 2.76. The molecule has 3 nitrogen and oxygen atoms in total. The zero-order valence-corrected chi connectivity index (χ0v) is 6.33. The second-order valence-electron chi connectivity index (χ2n) is 0.0833. The Kier molecular flexibility index (Phi) is 39.5. The van der Waals surface area contributed by atoms with Crippen molar-refractivity contribution in [1.82, 2.24) is 0 Å². The van der Waals surface area contributed by atoms with Gasteiger partial charge in [0, 0.05) is 0 Å². The first-order chi connectivity index (χ1) is 2.41. The van der Waals surface area contributed by atoms with Crippen molar-refractivity contribution in [1.29, 1.82) is 0 Å². The van der Waals surface area contributed by atoms with Crippen LogP contribution < -0.4 is 0 Å². The van der Waals surface area contributed by atoms with Crippen LogP contribution >= 0.6 is 0 Å². The zero-order chi connectivity index (χ0) is 4.71. The maximum absolute atomic E-state index is 8.50. The Balaban J connectivity index is 0. The van der Waals surface area contributed by atoms with Crippen molar-refractivity contribution in [3.63, 3.8) is 0 Å². The van der Waals surface area contributed by atoms with Gasteiger partial charge in [-0.05, 0) is 0 Å². The van der Waals surface area contributed by atoms with Crippen LogP contribution in [0.4, 0.5) is 0 Å². The molecule has 0 bridgehead atoms. The third kappa shape index (κ3) is 58.2. The molecule has 28 valence electrons. The van der Waals surface area contributed by atoms with Crippen LogP contribution in [0.2, 0.25) is 0 Å². The van der Waals surface area contributed by atoms with Crippen LogP contribution in [0, 0.1) is 0 Å². The van der Waals surface area contributed by atoms with E-state index in [-0.39, 0.29) is 0 Å². The molecule has 0 amide bonds. The molecule has 1 N–H and O–H groups in total. The molecule has 0 aromatic rings. The van der Waals surface area contributed by atoms with Gasteiger partial charge in [0.25, 0.3) is 0 Å². The molecule has 0 aromatic carbocycles. The van der Waals surface area contributed by atoms with E-state index in [0.29, 0.717) is 16.6 Å². The number of rotatable bonds is 0. The Hall–Kier alpha value is 0.807. The molecule has 0 saturated heterocycles. The summed E-state index contributed by atoms with van der Waals surface area (Å²) in [5.74, 6) is 0. The summed E-state index contributed by atoms with van der Waals surface area (Å²) in [6.07, 6.45) is 0. The van der Waals surface area contributed by atoms with Gasteiger partial charge in [0.2, 0.25) is 0 Å². The minimum absolute atomic E-state index is 0.306. The van der Waals surface area contributed by atoms with Crippen LogP contribution in [0.5, 0.6) is 0 Å². The molecule has 0 aliphatic heterocycles. The quantitative estimate of drug-likeness (QED) is 0.393. The van der Waals surface area contributed by atoms with Crippen molar-refractivity contribution in [2.75, 3.05) is 0 Å². The van der Waals surface area contributed by atoms with E-state index < -0.39 is 19.1 Å². The molecule has 0 aliphatic carbocycles. The van der Waals surface area contributed by atoms with Crippen molar-refractivity contribution in [2.45, 2.75) is 0 Å².